The normalized spacial score (nSPS) is 12.6. The van der Waals surface area contributed by atoms with Gasteiger partial charge in [-0.05, 0) is 6.92 Å². The van der Waals surface area contributed by atoms with Gasteiger partial charge >= 0.3 is 0 Å². The first-order valence-electron chi connectivity index (χ1n) is 4.15. The summed E-state index contributed by atoms with van der Waals surface area (Å²) in [5.74, 6) is 0. The minimum atomic E-state index is -0.359. The molecule has 0 aliphatic heterocycles. The van der Waals surface area contributed by atoms with Crippen LogP contribution in [-0.2, 0) is 7.05 Å². The summed E-state index contributed by atoms with van der Waals surface area (Å²) in [4.78, 5) is 11.3. The second kappa shape index (κ2) is 4.43. The monoisotopic (exact) mass is 217 g/mol. The molecule has 78 valence electrons. The van der Waals surface area contributed by atoms with Crippen LogP contribution in [0, 0.1) is 0 Å². The zero-order chi connectivity index (χ0) is 10.7. The van der Waals surface area contributed by atoms with E-state index in [1.807, 2.05) is 0 Å². The third-order valence-corrected chi connectivity index (χ3v) is 2.12. The molecule has 0 unspecified atom stereocenters. The van der Waals surface area contributed by atoms with Gasteiger partial charge in [0.1, 0.15) is 5.02 Å². The molecular weight excluding hydrogens is 206 g/mol. The van der Waals surface area contributed by atoms with Crippen LogP contribution in [0.5, 0.6) is 0 Å². The maximum Gasteiger partial charge on any atom is 0.287 e. The Morgan fingerprint density at radius 3 is 3.00 bits per heavy atom. The van der Waals surface area contributed by atoms with Gasteiger partial charge in [0.05, 0.1) is 18.5 Å². The molecule has 0 aliphatic carbocycles. The molecule has 1 rings (SSSR count). The van der Waals surface area contributed by atoms with Crippen LogP contribution in [0.2, 0.25) is 5.02 Å². The molecule has 2 N–H and O–H groups in total. The highest BCUT2D eigenvalue weighted by molar-refractivity contribution is 6.32. The van der Waals surface area contributed by atoms with Crippen LogP contribution in [-0.4, -0.2) is 27.5 Å². The molecule has 0 aliphatic rings. The van der Waals surface area contributed by atoms with Gasteiger partial charge in [-0.1, -0.05) is 11.6 Å². The van der Waals surface area contributed by atoms with Crippen molar-refractivity contribution >= 4 is 17.3 Å². The lowest BCUT2D eigenvalue weighted by Gasteiger charge is -2.12. The van der Waals surface area contributed by atoms with E-state index < -0.39 is 0 Å². The van der Waals surface area contributed by atoms with Gasteiger partial charge in [0.2, 0.25) is 0 Å². The number of nitrogens with zero attached hydrogens (tertiary/aromatic N) is 2. The summed E-state index contributed by atoms with van der Waals surface area (Å²) in [6.45, 7) is 1.74. The highest BCUT2D eigenvalue weighted by atomic mass is 35.5. The lowest BCUT2D eigenvalue weighted by atomic mass is 10.3. The van der Waals surface area contributed by atoms with Gasteiger partial charge in [-0.25, -0.2) is 4.68 Å². The highest BCUT2D eigenvalue weighted by Crippen LogP contribution is 2.15. The molecule has 0 fully saturated rings. The first kappa shape index (κ1) is 11.0. The van der Waals surface area contributed by atoms with E-state index in [2.05, 4.69) is 10.4 Å². The lowest BCUT2D eigenvalue weighted by Crippen LogP contribution is -2.25. The fraction of sp³-hybridized carbons (Fsp3) is 0.500. The Balaban J connectivity index is 3.00. The van der Waals surface area contributed by atoms with E-state index in [4.69, 9.17) is 16.7 Å². The maximum absolute atomic E-state index is 11.3. The fourth-order valence-corrected chi connectivity index (χ4v) is 1.15. The molecule has 1 aromatic rings. The van der Waals surface area contributed by atoms with Crippen molar-refractivity contribution in [2.75, 3.05) is 11.9 Å². The SMILES string of the molecule is C[C@@H](CO)Nc1cnn(C)c(=O)c1Cl. The molecule has 0 saturated carbocycles. The summed E-state index contributed by atoms with van der Waals surface area (Å²) >= 11 is 5.78. The van der Waals surface area contributed by atoms with E-state index in [1.165, 1.54) is 13.2 Å². The van der Waals surface area contributed by atoms with Crippen molar-refractivity contribution in [2.45, 2.75) is 13.0 Å². The molecule has 14 heavy (non-hydrogen) atoms. The van der Waals surface area contributed by atoms with E-state index in [1.54, 1.807) is 6.92 Å². The first-order valence-corrected chi connectivity index (χ1v) is 4.53. The molecule has 1 aromatic heterocycles. The van der Waals surface area contributed by atoms with Crippen LogP contribution >= 0.6 is 11.6 Å². The van der Waals surface area contributed by atoms with Crippen molar-refractivity contribution in [3.05, 3.63) is 21.6 Å². The van der Waals surface area contributed by atoms with Gasteiger partial charge in [-0.2, -0.15) is 5.10 Å². The minimum Gasteiger partial charge on any atom is -0.394 e. The average molecular weight is 218 g/mol. The molecule has 0 spiro atoms. The van der Waals surface area contributed by atoms with E-state index >= 15 is 0 Å². The van der Waals surface area contributed by atoms with Crippen LogP contribution in [0.15, 0.2) is 11.0 Å². The second-order valence-electron chi connectivity index (χ2n) is 3.03. The zero-order valence-corrected chi connectivity index (χ0v) is 8.75. The Morgan fingerprint density at radius 1 is 1.79 bits per heavy atom. The van der Waals surface area contributed by atoms with Crippen molar-refractivity contribution in [3.8, 4) is 0 Å². The van der Waals surface area contributed by atoms with Gasteiger partial charge in [0.25, 0.3) is 5.56 Å². The van der Waals surface area contributed by atoms with Crippen LogP contribution in [0.25, 0.3) is 0 Å². The van der Waals surface area contributed by atoms with Gasteiger partial charge in [0, 0.05) is 13.1 Å². The molecule has 0 bridgehead atoms. The minimum absolute atomic E-state index is 0.0362. The number of aliphatic hydroxyl groups is 1. The van der Waals surface area contributed by atoms with Crippen molar-refractivity contribution in [1.29, 1.82) is 0 Å². The molecular formula is C8H12ClN3O2. The third kappa shape index (κ3) is 2.24. The summed E-state index contributed by atoms with van der Waals surface area (Å²) < 4.78 is 1.15. The van der Waals surface area contributed by atoms with E-state index in [-0.39, 0.29) is 23.2 Å². The molecule has 0 saturated heterocycles. The van der Waals surface area contributed by atoms with Gasteiger partial charge < -0.3 is 10.4 Å². The van der Waals surface area contributed by atoms with Gasteiger partial charge in [-0.15, -0.1) is 0 Å². The van der Waals surface area contributed by atoms with Crippen molar-refractivity contribution < 1.29 is 5.11 Å². The van der Waals surface area contributed by atoms with E-state index in [0.29, 0.717) is 5.69 Å². The smallest absolute Gasteiger partial charge is 0.287 e. The van der Waals surface area contributed by atoms with Crippen LogP contribution in [0.3, 0.4) is 0 Å². The molecule has 5 nitrogen and oxygen atoms in total. The van der Waals surface area contributed by atoms with E-state index in [9.17, 15) is 4.79 Å². The summed E-state index contributed by atoms with van der Waals surface area (Å²) in [5, 5.41) is 15.6. The number of nitrogens with one attached hydrogen (secondary N) is 1. The highest BCUT2D eigenvalue weighted by Gasteiger charge is 2.08. The maximum atomic E-state index is 11.3. The Hall–Kier alpha value is -1.07. The summed E-state index contributed by atoms with van der Waals surface area (Å²) in [6, 6.07) is -0.165. The molecule has 0 aromatic carbocycles. The number of anilines is 1. The van der Waals surface area contributed by atoms with Crippen molar-refractivity contribution in [1.82, 2.24) is 9.78 Å². The predicted molar refractivity (Wildman–Crippen MR) is 54.7 cm³/mol. The molecule has 0 amide bonds. The van der Waals surface area contributed by atoms with Gasteiger partial charge in [0.15, 0.2) is 0 Å². The second-order valence-corrected chi connectivity index (χ2v) is 3.41. The number of aryl methyl sites for hydroxylation is 1. The summed E-state index contributed by atoms with van der Waals surface area (Å²) in [5.41, 5.74) is 0.0816. The van der Waals surface area contributed by atoms with Crippen LogP contribution in [0.4, 0.5) is 5.69 Å². The Labute approximate surface area is 86.3 Å². The fourth-order valence-electron chi connectivity index (χ4n) is 0.922. The Kier molecular flexibility index (Phi) is 3.49. The van der Waals surface area contributed by atoms with Crippen molar-refractivity contribution in [2.24, 2.45) is 7.05 Å². The topological polar surface area (TPSA) is 67.2 Å². The molecule has 6 heteroatoms. The number of aromatic nitrogens is 2. The summed E-state index contributed by atoms with van der Waals surface area (Å²) in [6.07, 6.45) is 1.45. The Morgan fingerprint density at radius 2 is 2.43 bits per heavy atom. The van der Waals surface area contributed by atoms with Crippen LogP contribution in [0.1, 0.15) is 6.92 Å². The first-order chi connectivity index (χ1) is 6.56. The number of rotatable bonds is 3. The summed E-state index contributed by atoms with van der Waals surface area (Å²) in [7, 11) is 1.52. The molecule has 0 radical (unpaired) electrons. The lowest BCUT2D eigenvalue weighted by molar-refractivity contribution is 0.281. The number of hydrogen-bond acceptors (Lipinski definition) is 4. The zero-order valence-electron chi connectivity index (χ0n) is 7.99. The third-order valence-electron chi connectivity index (χ3n) is 1.75. The predicted octanol–water partition coefficient (Wildman–Crippen LogP) is 0.226. The van der Waals surface area contributed by atoms with E-state index in [0.717, 1.165) is 4.68 Å². The number of halogens is 1. The molecule has 1 atom stereocenters. The largest absolute Gasteiger partial charge is 0.394 e. The molecule has 1 heterocycles. The van der Waals surface area contributed by atoms with Crippen molar-refractivity contribution in [3.63, 3.8) is 0 Å². The van der Waals surface area contributed by atoms with Gasteiger partial charge in [-0.3, -0.25) is 4.79 Å². The number of aliphatic hydroxyl groups excluding tert-OH is 1. The quantitative estimate of drug-likeness (QED) is 0.761. The Bertz CT molecular complexity index is 377. The standard InChI is InChI=1S/C8H12ClN3O2/c1-5(4-13)11-6-3-10-12(2)8(14)7(6)9/h3,5,11,13H,4H2,1-2H3/t5-/m0/s1. The van der Waals surface area contributed by atoms with Crippen LogP contribution < -0.4 is 10.9 Å². The average Bonchev–Trinajstić information content (AvgIpc) is 2.19. The number of hydrogen-bond donors (Lipinski definition) is 2.